The van der Waals surface area contributed by atoms with Crippen molar-refractivity contribution in [3.05, 3.63) is 23.8 Å². The highest BCUT2D eigenvalue weighted by Crippen LogP contribution is 2.38. The van der Waals surface area contributed by atoms with Crippen molar-refractivity contribution < 1.29 is 9.59 Å². The molecular weight excluding hydrogens is 244 g/mol. The van der Waals surface area contributed by atoms with Crippen LogP contribution in [0, 0.1) is 11.8 Å². The summed E-state index contributed by atoms with van der Waals surface area (Å²) >= 11 is 0. The summed E-state index contributed by atoms with van der Waals surface area (Å²) in [5.41, 5.74) is 5.27. The first-order chi connectivity index (χ1) is 9.16. The Bertz CT molecular complexity index is 519. The lowest BCUT2D eigenvalue weighted by Crippen LogP contribution is -2.32. The number of nitrogens with zero attached hydrogens (tertiary/aromatic N) is 3. The van der Waals surface area contributed by atoms with Crippen LogP contribution < -0.4 is 5.73 Å². The fourth-order valence-corrected chi connectivity index (χ4v) is 3.23. The number of hydrogen-bond donors (Lipinski definition) is 1. The Hall–Kier alpha value is -1.98. The van der Waals surface area contributed by atoms with Crippen LogP contribution in [0.25, 0.3) is 0 Å². The molecule has 100 valence electrons. The molecule has 19 heavy (non-hydrogen) atoms. The van der Waals surface area contributed by atoms with Crippen molar-refractivity contribution in [2.45, 2.75) is 19.3 Å². The number of rotatable bonds is 2. The normalized spacial score (nSPS) is 25.4. The molecule has 0 radical (unpaired) electrons. The molecule has 1 aromatic heterocycles. The molecule has 1 aliphatic heterocycles. The predicted octanol–water partition coefficient (Wildman–Crippen LogP) is 0.448. The van der Waals surface area contributed by atoms with Gasteiger partial charge in [0, 0.05) is 25.5 Å². The number of likely N-dealkylation sites (tertiary alicyclic amines) is 1. The highest BCUT2D eigenvalue weighted by atomic mass is 16.2. The zero-order valence-corrected chi connectivity index (χ0v) is 10.6. The summed E-state index contributed by atoms with van der Waals surface area (Å²) in [6.07, 6.45) is 6.43. The van der Waals surface area contributed by atoms with Gasteiger partial charge in [-0.3, -0.25) is 9.59 Å². The second-order valence-corrected chi connectivity index (χ2v) is 5.28. The van der Waals surface area contributed by atoms with E-state index < -0.39 is 5.91 Å². The maximum Gasteiger partial charge on any atom is 0.274 e. The zero-order valence-electron chi connectivity index (χ0n) is 10.6. The summed E-state index contributed by atoms with van der Waals surface area (Å²) in [6, 6.07) is 0. The smallest absolute Gasteiger partial charge is 0.274 e. The minimum absolute atomic E-state index is 0.0374. The van der Waals surface area contributed by atoms with Crippen molar-refractivity contribution >= 4 is 11.8 Å². The summed E-state index contributed by atoms with van der Waals surface area (Å²) in [6.45, 7) is 1.52. The molecule has 2 atom stereocenters. The predicted molar refractivity (Wildman–Crippen MR) is 67.3 cm³/mol. The van der Waals surface area contributed by atoms with Gasteiger partial charge in [-0.2, -0.15) is 0 Å². The molecule has 0 bridgehead atoms. The standard InChI is InChI=1S/C13H16N4O2/c14-12(18)10-11(16-5-4-15-10)13(19)17-6-8-2-1-3-9(8)7-17/h4-5,8-9H,1-3,6-7H2,(H2,14,18)/t8-,9+. The van der Waals surface area contributed by atoms with Crippen LogP contribution in [0.3, 0.4) is 0 Å². The van der Waals surface area contributed by atoms with E-state index in [4.69, 9.17) is 5.73 Å². The first-order valence-electron chi connectivity index (χ1n) is 6.57. The van der Waals surface area contributed by atoms with Crippen molar-refractivity contribution in [2.24, 2.45) is 17.6 Å². The molecular formula is C13H16N4O2. The molecule has 2 amide bonds. The van der Waals surface area contributed by atoms with Crippen molar-refractivity contribution in [3.63, 3.8) is 0 Å². The lowest BCUT2D eigenvalue weighted by Gasteiger charge is -2.17. The molecule has 2 N–H and O–H groups in total. The molecule has 2 aliphatic rings. The fraction of sp³-hybridized carbons (Fsp3) is 0.538. The van der Waals surface area contributed by atoms with Crippen LogP contribution in [-0.4, -0.2) is 39.8 Å². The van der Waals surface area contributed by atoms with E-state index in [0.29, 0.717) is 11.8 Å². The highest BCUT2D eigenvalue weighted by Gasteiger charge is 2.39. The third-order valence-corrected chi connectivity index (χ3v) is 4.15. The van der Waals surface area contributed by atoms with Crippen LogP contribution >= 0.6 is 0 Å². The van der Waals surface area contributed by atoms with Crippen LogP contribution in [-0.2, 0) is 0 Å². The Kier molecular flexibility index (Phi) is 2.93. The van der Waals surface area contributed by atoms with Crippen LogP contribution in [0.4, 0.5) is 0 Å². The Morgan fingerprint density at radius 2 is 1.68 bits per heavy atom. The second-order valence-electron chi connectivity index (χ2n) is 5.28. The van der Waals surface area contributed by atoms with E-state index >= 15 is 0 Å². The molecule has 0 aromatic carbocycles. The van der Waals surface area contributed by atoms with Gasteiger partial charge in [0.15, 0.2) is 11.4 Å². The monoisotopic (exact) mass is 260 g/mol. The van der Waals surface area contributed by atoms with Gasteiger partial charge in [-0.15, -0.1) is 0 Å². The van der Waals surface area contributed by atoms with E-state index in [-0.39, 0.29) is 17.3 Å². The summed E-state index contributed by atoms with van der Waals surface area (Å²) in [7, 11) is 0. The number of fused-ring (bicyclic) bond motifs is 1. The van der Waals surface area contributed by atoms with Crippen molar-refractivity contribution in [3.8, 4) is 0 Å². The average molecular weight is 260 g/mol. The maximum atomic E-state index is 12.4. The third kappa shape index (κ3) is 2.07. The Labute approximate surface area is 111 Å². The van der Waals surface area contributed by atoms with E-state index in [1.807, 2.05) is 0 Å². The van der Waals surface area contributed by atoms with Crippen molar-refractivity contribution in [2.75, 3.05) is 13.1 Å². The van der Waals surface area contributed by atoms with Crippen LogP contribution in [0.1, 0.15) is 40.2 Å². The Morgan fingerprint density at radius 1 is 1.11 bits per heavy atom. The van der Waals surface area contributed by atoms with E-state index in [0.717, 1.165) is 13.1 Å². The first-order valence-corrected chi connectivity index (χ1v) is 6.57. The van der Waals surface area contributed by atoms with Gasteiger partial charge in [0.25, 0.3) is 11.8 Å². The quantitative estimate of drug-likeness (QED) is 0.836. The Morgan fingerprint density at radius 3 is 2.26 bits per heavy atom. The molecule has 1 saturated carbocycles. The van der Waals surface area contributed by atoms with Crippen molar-refractivity contribution in [1.29, 1.82) is 0 Å². The molecule has 6 nitrogen and oxygen atoms in total. The van der Waals surface area contributed by atoms with Gasteiger partial charge in [0.1, 0.15) is 0 Å². The minimum atomic E-state index is -0.712. The number of carbonyl (C=O) groups is 2. The largest absolute Gasteiger partial charge is 0.364 e. The summed E-state index contributed by atoms with van der Waals surface area (Å²) in [4.78, 5) is 33.3. The maximum absolute atomic E-state index is 12.4. The van der Waals surface area contributed by atoms with Crippen molar-refractivity contribution in [1.82, 2.24) is 14.9 Å². The van der Waals surface area contributed by atoms with E-state index in [9.17, 15) is 9.59 Å². The SMILES string of the molecule is NC(=O)c1nccnc1C(=O)N1C[C@H]2CCC[C@H]2C1. The average Bonchev–Trinajstić information content (AvgIpc) is 2.98. The van der Waals surface area contributed by atoms with Gasteiger partial charge in [0.05, 0.1) is 0 Å². The van der Waals surface area contributed by atoms with Gasteiger partial charge in [-0.25, -0.2) is 9.97 Å². The van der Waals surface area contributed by atoms with Gasteiger partial charge in [-0.1, -0.05) is 6.42 Å². The van der Waals surface area contributed by atoms with Gasteiger partial charge >= 0.3 is 0 Å². The fourth-order valence-electron chi connectivity index (χ4n) is 3.23. The molecule has 1 saturated heterocycles. The van der Waals surface area contributed by atoms with Crippen LogP contribution in [0.15, 0.2) is 12.4 Å². The Balaban J connectivity index is 1.83. The summed E-state index contributed by atoms with van der Waals surface area (Å²) < 4.78 is 0. The van der Waals surface area contributed by atoms with Gasteiger partial charge < -0.3 is 10.6 Å². The molecule has 0 unspecified atom stereocenters. The van der Waals surface area contributed by atoms with Gasteiger partial charge in [0.2, 0.25) is 0 Å². The lowest BCUT2D eigenvalue weighted by atomic mass is 10.0. The third-order valence-electron chi connectivity index (χ3n) is 4.15. The summed E-state index contributed by atoms with van der Waals surface area (Å²) in [5.74, 6) is 0.280. The molecule has 2 heterocycles. The van der Waals surface area contributed by atoms with E-state index in [2.05, 4.69) is 9.97 Å². The molecule has 1 aromatic rings. The number of primary amides is 1. The van der Waals surface area contributed by atoms with Gasteiger partial charge in [-0.05, 0) is 24.7 Å². The number of hydrogen-bond acceptors (Lipinski definition) is 4. The molecule has 3 rings (SSSR count). The molecule has 1 aliphatic carbocycles. The molecule has 2 fully saturated rings. The topological polar surface area (TPSA) is 89.2 Å². The zero-order chi connectivity index (χ0) is 13.4. The minimum Gasteiger partial charge on any atom is -0.364 e. The lowest BCUT2D eigenvalue weighted by molar-refractivity contribution is 0.0768. The van der Waals surface area contributed by atoms with Crippen LogP contribution in [0.2, 0.25) is 0 Å². The summed E-state index contributed by atoms with van der Waals surface area (Å²) in [5, 5.41) is 0. The van der Waals surface area contributed by atoms with E-state index in [1.165, 1.54) is 31.7 Å². The number of nitrogens with two attached hydrogens (primary N) is 1. The van der Waals surface area contributed by atoms with Crippen LogP contribution in [0.5, 0.6) is 0 Å². The highest BCUT2D eigenvalue weighted by molar-refractivity contribution is 6.04. The number of amides is 2. The molecule has 6 heteroatoms. The second kappa shape index (κ2) is 4.60. The molecule has 0 spiro atoms. The number of carbonyl (C=O) groups excluding carboxylic acids is 2. The van der Waals surface area contributed by atoms with E-state index in [1.54, 1.807) is 4.90 Å². The first kappa shape index (κ1) is 12.1. The number of aromatic nitrogens is 2.